The number of nitrogens with one attached hydrogen (secondary N) is 1. The van der Waals surface area contributed by atoms with Crippen LogP contribution >= 0.6 is 0 Å². The molecule has 0 fully saturated rings. The largest absolute Gasteiger partial charge is 0.476 e. The molecule has 0 aliphatic rings. The van der Waals surface area contributed by atoms with E-state index >= 15 is 0 Å². The van der Waals surface area contributed by atoms with Gasteiger partial charge >= 0.3 is 5.97 Å². The molecule has 0 atom stereocenters. The molecule has 9 heteroatoms. The first-order valence-electron chi connectivity index (χ1n) is 6.04. The zero-order chi connectivity index (χ0) is 15.3. The molecule has 0 radical (unpaired) electrons. The van der Waals surface area contributed by atoms with Crippen molar-refractivity contribution in [3.05, 3.63) is 11.4 Å². The molecule has 0 aromatic carbocycles. The van der Waals surface area contributed by atoms with Crippen molar-refractivity contribution in [2.45, 2.75) is 33.2 Å². The summed E-state index contributed by atoms with van der Waals surface area (Å²) >= 11 is 0. The van der Waals surface area contributed by atoms with Crippen molar-refractivity contribution < 1.29 is 23.5 Å². The van der Waals surface area contributed by atoms with Gasteiger partial charge in [-0.25, -0.2) is 18.3 Å². The maximum absolute atomic E-state index is 12.8. The summed E-state index contributed by atoms with van der Waals surface area (Å²) in [5.74, 6) is -1.72. The molecule has 2 N–H and O–H groups in total. The Balaban J connectivity index is 2.72. The van der Waals surface area contributed by atoms with E-state index in [-0.39, 0.29) is 0 Å². The number of carboxylic acid groups (broad SMARTS) is 1. The molecule has 0 aliphatic carbocycles. The quantitative estimate of drug-likeness (QED) is 0.783. The van der Waals surface area contributed by atoms with Crippen molar-refractivity contribution in [3.63, 3.8) is 0 Å². The van der Waals surface area contributed by atoms with Crippen LogP contribution in [0.25, 0.3) is 0 Å². The minimum Gasteiger partial charge on any atom is -0.476 e. The molecular weight excluding hydrogens is 274 g/mol. The third-order valence-electron chi connectivity index (χ3n) is 2.52. The molecule has 0 bridgehead atoms. The predicted octanol–water partition coefficient (Wildman–Crippen LogP) is 1.08. The smallest absolute Gasteiger partial charge is 0.358 e. The highest BCUT2D eigenvalue weighted by Crippen LogP contribution is 2.21. The fourth-order valence-corrected chi connectivity index (χ4v) is 1.50. The Kier molecular flexibility index (Phi) is 5.53. The molecule has 0 saturated heterocycles. The summed E-state index contributed by atoms with van der Waals surface area (Å²) in [5.41, 5.74) is -1.70. The van der Waals surface area contributed by atoms with Crippen LogP contribution in [0.3, 0.4) is 0 Å². The number of amides is 1. The number of carbonyl (C=O) groups excluding carboxylic acids is 1. The van der Waals surface area contributed by atoms with Crippen LogP contribution in [-0.4, -0.2) is 38.5 Å². The van der Waals surface area contributed by atoms with Gasteiger partial charge in [0.1, 0.15) is 12.2 Å². The van der Waals surface area contributed by atoms with Gasteiger partial charge in [-0.05, 0) is 12.3 Å². The number of alkyl halides is 2. The molecule has 7 nitrogen and oxygen atoms in total. The number of carbonyl (C=O) groups is 2. The Bertz CT molecular complexity index is 488. The Morgan fingerprint density at radius 3 is 2.55 bits per heavy atom. The van der Waals surface area contributed by atoms with Gasteiger partial charge < -0.3 is 10.4 Å². The lowest BCUT2D eigenvalue weighted by atomic mass is 10.1. The fraction of sp³-hybridized carbons (Fsp3) is 0.636. The van der Waals surface area contributed by atoms with E-state index in [0.29, 0.717) is 17.1 Å². The van der Waals surface area contributed by atoms with Gasteiger partial charge in [-0.1, -0.05) is 19.1 Å². The lowest BCUT2D eigenvalue weighted by molar-refractivity contribution is -0.122. The molecule has 112 valence electrons. The summed E-state index contributed by atoms with van der Waals surface area (Å²) in [5, 5.41) is 17.7. The zero-order valence-corrected chi connectivity index (χ0v) is 11.1. The highest BCUT2D eigenvalue weighted by Gasteiger charge is 2.27. The first kappa shape index (κ1) is 16.0. The SMILES string of the molecule is CC(C)CCNC(=O)Cn1nnc(C(=O)O)c1C(F)F. The van der Waals surface area contributed by atoms with Crippen molar-refractivity contribution in [2.75, 3.05) is 6.54 Å². The lowest BCUT2D eigenvalue weighted by Gasteiger charge is -2.08. The standard InChI is InChI=1S/C11H16F2N4O3/c1-6(2)3-4-14-7(18)5-17-9(10(12)13)8(11(19)20)15-16-17/h6,10H,3-5H2,1-2H3,(H,14,18)(H,19,20). The van der Waals surface area contributed by atoms with Crippen LogP contribution in [0.2, 0.25) is 0 Å². The van der Waals surface area contributed by atoms with Crippen LogP contribution < -0.4 is 5.32 Å². The van der Waals surface area contributed by atoms with Gasteiger partial charge in [0.05, 0.1) is 0 Å². The van der Waals surface area contributed by atoms with Gasteiger partial charge in [-0.2, -0.15) is 0 Å². The normalized spacial score (nSPS) is 11.1. The van der Waals surface area contributed by atoms with Gasteiger partial charge in [0.25, 0.3) is 6.43 Å². The van der Waals surface area contributed by atoms with Crippen LogP contribution in [0.15, 0.2) is 0 Å². The molecule has 0 spiro atoms. The summed E-state index contributed by atoms with van der Waals surface area (Å²) in [6.45, 7) is 3.90. The van der Waals surface area contributed by atoms with E-state index in [1.165, 1.54) is 0 Å². The number of aromatic carboxylic acids is 1. The zero-order valence-electron chi connectivity index (χ0n) is 11.1. The van der Waals surface area contributed by atoms with Crippen LogP contribution in [0.1, 0.15) is 42.9 Å². The second kappa shape index (κ2) is 6.92. The third kappa shape index (κ3) is 4.25. The topological polar surface area (TPSA) is 97.1 Å². The maximum atomic E-state index is 12.8. The van der Waals surface area contributed by atoms with E-state index in [2.05, 4.69) is 15.6 Å². The van der Waals surface area contributed by atoms with Crippen LogP contribution in [0, 0.1) is 5.92 Å². The predicted molar refractivity (Wildman–Crippen MR) is 64.4 cm³/mol. The van der Waals surface area contributed by atoms with Gasteiger partial charge in [0, 0.05) is 6.54 Å². The molecule has 1 aromatic rings. The molecule has 1 aromatic heterocycles. The summed E-state index contributed by atoms with van der Waals surface area (Å²) in [4.78, 5) is 22.3. The Hall–Kier alpha value is -2.06. The van der Waals surface area contributed by atoms with Crippen molar-refractivity contribution >= 4 is 11.9 Å². The second-order valence-electron chi connectivity index (χ2n) is 4.62. The maximum Gasteiger partial charge on any atom is 0.358 e. The minimum absolute atomic E-state index is 0.400. The Labute approximate surface area is 114 Å². The molecule has 1 rings (SSSR count). The molecular formula is C11H16F2N4O3. The van der Waals surface area contributed by atoms with Crippen LogP contribution in [0.4, 0.5) is 8.78 Å². The van der Waals surface area contributed by atoms with E-state index in [9.17, 15) is 18.4 Å². The van der Waals surface area contributed by atoms with Gasteiger partial charge in [0.15, 0.2) is 5.69 Å². The molecule has 1 heterocycles. The number of aromatic nitrogens is 3. The van der Waals surface area contributed by atoms with E-state index in [1.54, 1.807) is 0 Å². The number of hydrogen-bond acceptors (Lipinski definition) is 4. The summed E-state index contributed by atoms with van der Waals surface area (Å²) in [6.07, 6.45) is -2.31. The van der Waals surface area contributed by atoms with Crippen molar-refractivity contribution in [1.82, 2.24) is 20.3 Å². The number of nitrogens with zero attached hydrogens (tertiary/aromatic N) is 3. The van der Waals surface area contributed by atoms with Crippen molar-refractivity contribution in [3.8, 4) is 0 Å². The first-order valence-corrected chi connectivity index (χ1v) is 6.04. The Morgan fingerprint density at radius 2 is 2.05 bits per heavy atom. The monoisotopic (exact) mass is 290 g/mol. The molecule has 0 unspecified atom stereocenters. The average molecular weight is 290 g/mol. The summed E-state index contributed by atoms with van der Waals surface area (Å²) in [6, 6.07) is 0. The lowest BCUT2D eigenvalue weighted by Crippen LogP contribution is -2.30. The second-order valence-corrected chi connectivity index (χ2v) is 4.62. The number of carboxylic acids is 1. The van der Waals surface area contributed by atoms with Gasteiger partial charge in [0.2, 0.25) is 5.91 Å². The van der Waals surface area contributed by atoms with E-state index < -0.39 is 36.2 Å². The van der Waals surface area contributed by atoms with Crippen LogP contribution in [-0.2, 0) is 11.3 Å². The van der Waals surface area contributed by atoms with E-state index in [4.69, 9.17) is 5.11 Å². The van der Waals surface area contributed by atoms with Gasteiger partial charge in [-0.15, -0.1) is 5.10 Å². The Morgan fingerprint density at radius 1 is 1.40 bits per heavy atom. The average Bonchev–Trinajstić information content (AvgIpc) is 2.72. The number of hydrogen-bond donors (Lipinski definition) is 2. The number of halogens is 2. The van der Waals surface area contributed by atoms with E-state index in [1.807, 2.05) is 13.8 Å². The summed E-state index contributed by atoms with van der Waals surface area (Å²) < 4.78 is 26.2. The molecule has 0 aliphatic heterocycles. The highest BCUT2D eigenvalue weighted by atomic mass is 19.3. The van der Waals surface area contributed by atoms with Crippen molar-refractivity contribution in [1.29, 1.82) is 0 Å². The number of rotatable bonds is 7. The molecule has 1 amide bonds. The van der Waals surface area contributed by atoms with Crippen molar-refractivity contribution in [2.24, 2.45) is 5.92 Å². The molecule has 20 heavy (non-hydrogen) atoms. The highest BCUT2D eigenvalue weighted by molar-refractivity contribution is 5.86. The van der Waals surface area contributed by atoms with E-state index in [0.717, 1.165) is 6.42 Å². The molecule has 0 saturated carbocycles. The van der Waals surface area contributed by atoms with Gasteiger partial charge in [-0.3, -0.25) is 4.79 Å². The minimum atomic E-state index is -3.07. The third-order valence-corrected chi connectivity index (χ3v) is 2.52. The summed E-state index contributed by atoms with van der Waals surface area (Å²) in [7, 11) is 0. The first-order chi connectivity index (χ1) is 9.32. The van der Waals surface area contributed by atoms with Crippen LogP contribution in [0.5, 0.6) is 0 Å². The fourth-order valence-electron chi connectivity index (χ4n) is 1.50.